The number of fused-ring (bicyclic) bond motifs is 1. The highest BCUT2D eigenvalue weighted by atomic mass is 16.5. The predicted octanol–water partition coefficient (Wildman–Crippen LogP) is 3.17. The summed E-state index contributed by atoms with van der Waals surface area (Å²) in [6, 6.07) is 13.9. The van der Waals surface area contributed by atoms with E-state index in [1.807, 2.05) is 39.8 Å². The van der Waals surface area contributed by atoms with E-state index in [2.05, 4.69) is 37.6 Å². The number of carbonyl (C=O) groups is 1. The number of ether oxygens (including phenoxy) is 1. The lowest BCUT2D eigenvalue weighted by atomic mass is 10.2. The fourth-order valence-electron chi connectivity index (χ4n) is 4.68. The molecule has 2 N–H and O–H groups in total. The molecular formula is C26H29N9O2. The summed E-state index contributed by atoms with van der Waals surface area (Å²) < 4.78 is 7.44. The first kappa shape index (κ1) is 23.2. The summed E-state index contributed by atoms with van der Waals surface area (Å²) in [5.74, 6) is 1.87. The highest BCUT2D eigenvalue weighted by Gasteiger charge is 2.21. The number of rotatable bonds is 8. The Morgan fingerprint density at radius 3 is 2.54 bits per heavy atom. The average molecular weight is 500 g/mol. The molecule has 2 aliphatic heterocycles. The molecule has 0 aliphatic carbocycles. The molecule has 190 valence electrons. The normalized spacial score (nSPS) is 15.9. The van der Waals surface area contributed by atoms with E-state index in [1.54, 1.807) is 12.5 Å². The summed E-state index contributed by atoms with van der Waals surface area (Å²) in [7, 11) is 0. The summed E-state index contributed by atoms with van der Waals surface area (Å²) in [5.41, 5.74) is 3.42. The van der Waals surface area contributed by atoms with E-state index in [9.17, 15) is 4.79 Å². The molecule has 0 spiro atoms. The molecule has 4 aromatic rings. The molecule has 2 aliphatic rings. The van der Waals surface area contributed by atoms with Crippen molar-refractivity contribution >= 4 is 46.0 Å². The number of benzene rings is 1. The molecule has 3 aromatic heterocycles. The van der Waals surface area contributed by atoms with E-state index >= 15 is 0 Å². The van der Waals surface area contributed by atoms with Gasteiger partial charge in [-0.25, -0.2) is 9.97 Å². The molecule has 0 saturated carbocycles. The van der Waals surface area contributed by atoms with Gasteiger partial charge in [0.1, 0.15) is 5.82 Å². The van der Waals surface area contributed by atoms with Gasteiger partial charge in [-0.15, -0.1) is 0 Å². The van der Waals surface area contributed by atoms with E-state index in [4.69, 9.17) is 14.7 Å². The monoisotopic (exact) mass is 499 g/mol. The molecule has 11 heteroatoms. The van der Waals surface area contributed by atoms with Crippen molar-refractivity contribution in [2.24, 2.45) is 0 Å². The van der Waals surface area contributed by atoms with Crippen molar-refractivity contribution in [3.8, 4) is 0 Å². The van der Waals surface area contributed by atoms with Crippen molar-refractivity contribution < 1.29 is 9.53 Å². The van der Waals surface area contributed by atoms with Gasteiger partial charge in [-0.1, -0.05) is 6.07 Å². The smallest absolute Gasteiger partial charge is 0.232 e. The summed E-state index contributed by atoms with van der Waals surface area (Å²) in [6.45, 7) is 5.32. The lowest BCUT2D eigenvalue weighted by Gasteiger charge is -2.28. The van der Waals surface area contributed by atoms with Gasteiger partial charge in [0.25, 0.3) is 0 Å². The van der Waals surface area contributed by atoms with Crippen LogP contribution in [0.15, 0.2) is 55.0 Å². The molecule has 0 atom stereocenters. The van der Waals surface area contributed by atoms with E-state index in [0.29, 0.717) is 48.3 Å². The maximum atomic E-state index is 12.1. The number of morpholine rings is 1. The van der Waals surface area contributed by atoms with Crippen LogP contribution in [0.2, 0.25) is 0 Å². The van der Waals surface area contributed by atoms with Crippen molar-refractivity contribution in [1.29, 1.82) is 0 Å². The molecule has 2 saturated heterocycles. The zero-order valence-electron chi connectivity index (χ0n) is 20.5. The third-order valence-corrected chi connectivity index (χ3v) is 6.66. The van der Waals surface area contributed by atoms with Crippen LogP contribution in [-0.2, 0) is 16.1 Å². The first-order chi connectivity index (χ1) is 18.2. The molecule has 5 heterocycles. The minimum atomic E-state index is 0.208. The van der Waals surface area contributed by atoms with Crippen LogP contribution in [0.1, 0.15) is 12.8 Å². The van der Waals surface area contributed by atoms with E-state index in [1.165, 1.54) is 5.69 Å². The molecule has 11 nitrogen and oxygen atoms in total. The van der Waals surface area contributed by atoms with Crippen LogP contribution in [0.5, 0.6) is 0 Å². The summed E-state index contributed by atoms with van der Waals surface area (Å²) in [6.07, 6.45) is 5.02. The predicted molar refractivity (Wildman–Crippen MR) is 141 cm³/mol. The first-order valence-corrected chi connectivity index (χ1v) is 12.6. The molecular weight excluding hydrogens is 470 g/mol. The maximum absolute atomic E-state index is 12.1. The number of hydrogen-bond donors (Lipinski definition) is 2. The van der Waals surface area contributed by atoms with Crippen LogP contribution < -0.4 is 15.5 Å². The molecule has 2 fully saturated rings. The molecule has 6 rings (SSSR count). The fraction of sp³-hybridized carbons (Fsp3) is 0.346. The van der Waals surface area contributed by atoms with E-state index in [0.717, 1.165) is 45.0 Å². The minimum absolute atomic E-state index is 0.208. The van der Waals surface area contributed by atoms with Gasteiger partial charge < -0.3 is 29.7 Å². The van der Waals surface area contributed by atoms with Gasteiger partial charge in [0, 0.05) is 56.7 Å². The second-order valence-electron chi connectivity index (χ2n) is 9.10. The average Bonchev–Trinajstić information content (AvgIpc) is 3.54. The molecule has 1 amide bonds. The zero-order valence-corrected chi connectivity index (χ0v) is 20.5. The topological polar surface area (TPSA) is 113 Å². The number of anilines is 5. The Morgan fingerprint density at radius 1 is 0.919 bits per heavy atom. The summed E-state index contributed by atoms with van der Waals surface area (Å²) in [5, 5.41) is 6.62. The Hall–Kier alpha value is -4.25. The molecule has 0 unspecified atom stereocenters. The Morgan fingerprint density at radius 2 is 1.78 bits per heavy atom. The second kappa shape index (κ2) is 10.4. The third-order valence-electron chi connectivity index (χ3n) is 6.66. The standard InChI is InChI=1S/C26H29N9O2/c36-22-5-3-11-34(22)12-13-35-18-28-23-24(31-26(32-25(23)35)30-21-4-1-2-10-27-21)29-19-6-8-20(9-7-19)33-14-16-37-17-15-33/h1-2,4,6-10,18H,3,5,11-17H2,(H2,27,29,30,31,32). The number of likely N-dealkylation sites (tertiary alicyclic amines) is 1. The maximum Gasteiger partial charge on any atom is 0.232 e. The summed E-state index contributed by atoms with van der Waals surface area (Å²) in [4.78, 5) is 34.7. The number of imidazole rings is 1. The third kappa shape index (κ3) is 5.17. The van der Waals surface area contributed by atoms with Crippen LogP contribution in [0.4, 0.5) is 29.0 Å². The van der Waals surface area contributed by atoms with Gasteiger partial charge in [-0.2, -0.15) is 9.97 Å². The van der Waals surface area contributed by atoms with Crippen molar-refractivity contribution in [3.63, 3.8) is 0 Å². The second-order valence-corrected chi connectivity index (χ2v) is 9.10. The SMILES string of the molecule is O=C1CCCN1CCn1cnc2c(Nc3ccc(N4CCOCC4)cc3)nc(Nc3ccccn3)nc21. The lowest BCUT2D eigenvalue weighted by Crippen LogP contribution is -2.36. The number of pyridine rings is 1. The van der Waals surface area contributed by atoms with Gasteiger partial charge in [0.2, 0.25) is 11.9 Å². The van der Waals surface area contributed by atoms with Crippen LogP contribution >= 0.6 is 0 Å². The van der Waals surface area contributed by atoms with Gasteiger partial charge in [-0.05, 0) is 42.8 Å². The number of amides is 1. The van der Waals surface area contributed by atoms with Gasteiger partial charge in [0.15, 0.2) is 17.0 Å². The van der Waals surface area contributed by atoms with Crippen molar-refractivity contribution in [3.05, 3.63) is 55.0 Å². The highest BCUT2D eigenvalue weighted by Crippen LogP contribution is 2.27. The molecule has 0 radical (unpaired) electrons. The Bertz CT molecular complexity index is 1370. The quantitative estimate of drug-likeness (QED) is 0.377. The van der Waals surface area contributed by atoms with Crippen molar-refractivity contribution in [2.45, 2.75) is 19.4 Å². The zero-order chi connectivity index (χ0) is 25.0. The van der Waals surface area contributed by atoms with E-state index in [-0.39, 0.29) is 5.91 Å². The van der Waals surface area contributed by atoms with Crippen LogP contribution in [0.25, 0.3) is 11.2 Å². The van der Waals surface area contributed by atoms with Gasteiger partial charge in [0.05, 0.1) is 19.5 Å². The highest BCUT2D eigenvalue weighted by molar-refractivity contribution is 5.87. The van der Waals surface area contributed by atoms with Crippen LogP contribution in [0, 0.1) is 0 Å². The van der Waals surface area contributed by atoms with Gasteiger partial charge in [-0.3, -0.25) is 4.79 Å². The molecule has 1 aromatic carbocycles. The molecule has 0 bridgehead atoms. The van der Waals surface area contributed by atoms with Gasteiger partial charge >= 0.3 is 0 Å². The molecule has 37 heavy (non-hydrogen) atoms. The lowest BCUT2D eigenvalue weighted by molar-refractivity contribution is -0.127. The fourth-order valence-corrected chi connectivity index (χ4v) is 4.68. The van der Waals surface area contributed by atoms with Crippen molar-refractivity contribution in [1.82, 2.24) is 29.4 Å². The number of nitrogens with one attached hydrogen (secondary N) is 2. The first-order valence-electron chi connectivity index (χ1n) is 12.6. The number of hydrogen-bond acceptors (Lipinski definition) is 9. The Kier molecular flexibility index (Phi) is 6.51. The van der Waals surface area contributed by atoms with E-state index < -0.39 is 0 Å². The number of aromatic nitrogens is 5. The Balaban J connectivity index is 1.28. The van der Waals surface area contributed by atoms with Crippen molar-refractivity contribution in [2.75, 3.05) is 54.9 Å². The summed E-state index contributed by atoms with van der Waals surface area (Å²) >= 11 is 0. The number of nitrogens with zero attached hydrogens (tertiary/aromatic N) is 7. The Labute approximate surface area is 214 Å². The minimum Gasteiger partial charge on any atom is -0.378 e. The van der Waals surface area contributed by atoms with Crippen LogP contribution in [0.3, 0.4) is 0 Å². The number of carbonyl (C=O) groups excluding carboxylic acids is 1. The largest absolute Gasteiger partial charge is 0.378 e. The van der Waals surface area contributed by atoms with Crippen LogP contribution in [-0.4, -0.2) is 74.7 Å².